The topological polar surface area (TPSA) is 110 Å². The van der Waals surface area contributed by atoms with Gasteiger partial charge in [-0.2, -0.15) is 0 Å². The number of pyridine rings is 2. The van der Waals surface area contributed by atoms with Gasteiger partial charge in [-0.05, 0) is 56.2 Å². The van der Waals surface area contributed by atoms with Crippen molar-refractivity contribution in [2.75, 3.05) is 11.1 Å². The van der Waals surface area contributed by atoms with E-state index in [9.17, 15) is 4.79 Å². The van der Waals surface area contributed by atoms with E-state index in [0.29, 0.717) is 34.7 Å². The Morgan fingerprint density at radius 2 is 1.94 bits per heavy atom. The molecule has 0 spiro atoms. The van der Waals surface area contributed by atoms with Crippen LogP contribution in [0.15, 0.2) is 42.7 Å². The van der Waals surface area contributed by atoms with Gasteiger partial charge < -0.3 is 16.0 Å². The average molecular weight is 458 g/mol. The van der Waals surface area contributed by atoms with Crippen LogP contribution in [0.4, 0.5) is 21.7 Å². The summed E-state index contributed by atoms with van der Waals surface area (Å²) in [5, 5.41) is 12.1. The third-order valence-electron chi connectivity index (χ3n) is 6.11. The molecule has 3 N–H and O–H groups in total. The molecule has 0 atom stereocenters. The molecule has 9 heteroatoms. The molecule has 4 heterocycles. The minimum absolute atomic E-state index is 0.0603. The number of nitrogen functional groups attached to an aromatic ring is 1. The van der Waals surface area contributed by atoms with Crippen molar-refractivity contribution in [2.24, 2.45) is 0 Å². The molecule has 0 fully saturated rings. The fourth-order valence-electron chi connectivity index (χ4n) is 4.21. The molecule has 1 aromatic carbocycles. The Morgan fingerprint density at radius 1 is 1.12 bits per heavy atom. The highest BCUT2D eigenvalue weighted by molar-refractivity contribution is 5.95. The van der Waals surface area contributed by atoms with Gasteiger partial charge in [0.15, 0.2) is 11.6 Å². The number of fused-ring (bicyclic) bond motifs is 2. The summed E-state index contributed by atoms with van der Waals surface area (Å²) in [6.45, 7) is 6.45. The summed E-state index contributed by atoms with van der Waals surface area (Å²) < 4.78 is 15.0. The Morgan fingerprint density at radius 3 is 2.71 bits per heavy atom. The lowest BCUT2D eigenvalue weighted by molar-refractivity contribution is -0.133. The Balaban J connectivity index is 1.49. The first-order chi connectivity index (χ1) is 16.3. The van der Waals surface area contributed by atoms with Gasteiger partial charge in [0.25, 0.3) is 0 Å². The number of anilines is 3. The number of hydrogen-bond donors (Lipinski definition) is 2. The van der Waals surface area contributed by atoms with E-state index in [-0.39, 0.29) is 29.6 Å². The summed E-state index contributed by atoms with van der Waals surface area (Å²) in [5.74, 6) is 0.505. The third kappa shape index (κ3) is 3.79. The van der Waals surface area contributed by atoms with Crippen LogP contribution in [0.5, 0.6) is 0 Å². The second-order valence-electron chi connectivity index (χ2n) is 8.73. The van der Waals surface area contributed by atoms with Crippen molar-refractivity contribution in [3.8, 4) is 11.1 Å². The van der Waals surface area contributed by atoms with E-state index in [0.717, 1.165) is 16.8 Å². The molecule has 172 valence electrons. The van der Waals surface area contributed by atoms with Gasteiger partial charge in [-0.3, -0.25) is 9.78 Å². The highest BCUT2D eigenvalue weighted by atomic mass is 19.1. The normalized spacial score (nSPS) is 13.4. The number of aromatic nitrogens is 4. The smallest absolute Gasteiger partial charge is 0.229 e. The molecule has 1 aliphatic heterocycles. The predicted molar refractivity (Wildman–Crippen MR) is 129 cm³/mol. The number of halogens is 1. The average Bonchev–Trinajstić information content (AvgIpc) is 2.81. The van der Waals surface area contributed by atoms with Crippen LogP contribution < -0.4 is 11.1 Å². The number of carbonyl (C=O) groups is 1. The molecule has 0 radical (unpaired) electrons. The quantitative estimate of drug-likeness (QED) is 0.443. The van der Waals surface area contributed by atoms with Crippen molar-refractivity contribution in [1.82, 2.24) is 25.1 Å². The molecular weight excluding hydrogens is 433 g/mol. The second-order valence-corrected chi connectivity index (χ2v) is 8.73. The van der Waals surface area contributed by atoms with E-state index < -0.39 is 5.82 Å². The minimum Gasteiger partial charge on any atom is -0.395 e. The number of benzene rings is 1. The number of nitrogens with one attached hydrogen (secondary N) is 1. The Kier molecular flexibility index (Phi) is 5.31. The summed E-state index contributed by atoms with van der Waals surface area (Å²) in [6.07, 6.45) is 3.54. The summed E-state index contributed by atoms with van der Waals surface area (Å²) in [7, 11) is 0. The standard InChI is InChI=1S/C25H24FN7O/c1-13(2)33-12-15-4-5-20(29-19(15)10-22(33)34)30-21-9-16-8-17(18-11-28-7-6-14(18)3)23(26)24(27)25(16)32-31-21/h4-9,11,13H,10,12,27H2,1-3H3,(H,29,30,31). The second kappa shape index (κ2) is 8.33. The van der Waals surface area contributed by atoms with Crippen LogP contribution in [0.1, 0.15) is 30.7 Å². The number of rotatable bonds is 4. The Hall–Kier alpha value is -4.14. The zero-order chi connectivity index (χ0) is 24.0. The SMILES string of the molecule is Cc1ccncc1-c1cc2cc(Nc3ccc4c(n3)CC(=O)N(C(C)C)C4)nnc2c(N)c1F. The number of nitrogens with zero attached hydrogens (tertiary/aromatic N) is 5. The lowest BCUT2D eigenvalue weighted by Crippen LogP contribution is -2.41. The van der Waals surface area contributed by atoms with E-state index >= 15 is 4.39 Å². The molecule has 0 unspecified atom stereocenters. The Bertz CT molecular complexity index is 1440. The lowest BCUT2D eigenvalue weighted by Gasteiger charge is -2.31. The van der Waals surface area contributed by atoms with Crippen molar-refractivity contribution >= 4 is 34.1 Å². The summed E-state index contributed by atoms with van der Waals surface area (Å²) in [6, 6.07) is 9.23. The Labute approximate surface area is 196 Å². The third-order valence-corrected chi connectivity index (χ3v) is 6.11. The van der Waals surface area contributed by atoms with Crippen LogP contribution in [-0.4, -0.2) is 37.0 Å². The fraction of sp³-hybridized carbons (Fsp3) is 0.240. The molecule has 0 bridgehead atoms. The van der Waals surface area contributed by atoms with Gasteiger partial charge >= 0.3 is 0 Å². The van der Waals surface area contributed by atoms with E-state index in [1.54, 1.807) is 24.5 Å². The van der Waals surface area contributed by atoms with Crippen LogP contribution in [0.25, 0.3) is 22.0 Å². The van der Waals surface area contributed by atoms with Gasteiger partial charge in [-0.15, -0.1) is 10.2 Å². The maximum absolute atomic E-state index is 15.0. The molecule has 5 rings (SSSR count). The van der Waals surface area contributed by atoms with Crippen molar-refractivity contribution in [2.45, 2.75) is 39.8 Å². The summed E-state index contributed by atoms with van der Waals surface area (Å²) in [4.78, 5) is 23.0. The summed E-state index contributed by atoms with van der Waals surface area (Å²) in [5.41, 5.74) is 9.97. The first-order valence-electron chi connectivity index (χ1n) is 11.0. The number of nitrogens with two attached hydrogens (primary N) is 1. The van der Waals surface area contributed by atoms with Gasteiger partial charge in [0.2, 0.25) is 5.91 Å². The molecule has 3 aromatic heterocycles. The minimum atomic E-state index is -0.546. The van der Waals surface area contributed by atoms with Crippen LogP contribution in [0, 0.1) is 12.7 Å². The van der Waals surface area contributed by atoms with E-state index in [2.05, 4.69) is 25.5 Å². The van der Waals surface area contributed by atoms with Crippen LogP contribution >= 0.6 is 0 Å². The van der Waals surface area contributed by atoms with Gasteiger partial charge in [-0.25, -0.2) is 9.37 Å². The van der Waals surface area contributed by atoms with E-state index in [4.69, 9.17) is 5.73 Å². The molecule has 34 heavy (non-hydrogen) atoms. The first kappa shape index (κ1) is 21.7. The number of hydrogen-bond acceptors (Lipinski definition) is 7. The van der Waals surface area contributed by atoms with Gasteiger partial charge in [0, 0.05) is 41.5 Å². The van der Waals surface area contributed by atoms with Crippen molar-refractivity contribution < 1.29 is 9.18 Å². The highest BCUT2D eigenvalue weighted by Crippen LogP contribution is 2.34. The van der Waals surface area contributed by atoms with Crippen molar-refractivity contribution in [3.63, 3.8) is 0 Å². The number of carbonyl (C=O) groups excluding carboxylic acids is 1. The predicted octanol–water partition coefficient (Wildman–Crippen LogP) is 4.15. The lowest BCUT2D eigenvalue weighted by atomic mass is 9.99. The summed E-state index contributed by atoms with van der Waals surface area (Å²) >= 11 is 0. The highest BCUT2D eigenvalue weighted by Gasteiger charge is 2.26. The molecule has 4 aromatic rings. The van der Waals surface area contributed by atoms with Gasteiger partial charge in [-0.1, -0.05) is 6.07 Å². The maximum Gasteiger partial charge on any atom is 0.229 e. The first-order valence-corrected chi connectivity index (χ1v) is 11.0. The zero-order valence-corrected chi connectivity index (χ0v) is 19.1. The van der Waals surface area contributed by atoms with Crippen LogP contribution in [0.3, 0.4) is 0 Å². The molecular formula is C25H24FN7O. The van der Waals surface area contributed by atoms with E-state index in [1.807, 2.05) is 43.9 Å². The molecule has 1 amide bonds. The number of aryl methyl sites for hydroxylation is 1. The van der Waals surface area contributed by atoms with Crippen LogP contribution in [-0.2, 0) is 17.8 Å². The van der Waals surface area contributed by atoms with Crippen LogP contribution in [0.2, 0.25) is 0 Å². The molecule has 0 saturated heterocycles. The molecule has 0 aliphatic carbocycles. The zero-order valence-electron chi connectivity index (χ0n) is 19.1. The fourth-order valence-corrected chi connectivity index (χ4v) is 4.21. The molecule has 8 nitrogen and oxygen atoms in total. The van der Waals surface area contributed by atoms with Gasteiger partial charge in [0.1, 0.15) is 11.3 Å². The molecule has 0 saturated carbocycles. The maximum atomic E-state index is 15.0. The number of amides is 1. The monoisotopic (exact) mass is 457 g/mol. The largest absolute Gasteiger partial charge is 0.395 e. The van der Waals surface area contributed by atoms with Crippen molar-refractivity contribution in [3.05, 3.63) is 65.4 Å². The molecule has 1 aliphatic rings. The van der Waals surface area contributed by atoms with Gasteiger partial charge in [0.05, 0.1) is 17.8 Å². The van der Waals surface area contributed by atoms with Crippen molar-refractivity contribution in [1.29, 1.82) is 0 Å². The van der Waals surface area contributed by atoms with E-state index in [1.165, 1.54) is 0 Å².